The van der Waals surface area contributed by atoms with Crippen LogP contribution < -0.4 is 4.74 Å². The molecule has 0 heterocycles. The molecule has 0 spiro atoms. The molecule has 2 rings (SSSR count). The first-order valence-corrected chi connectivity index (χ1v) is 7.33. The van der Waals surface area contributed by atoms with Gasteiger partial charge >= 0.3 is 0 Å². The van der Waals surface area contributed by atoms with Gasteiger partial charge in [-0.05, 0) is 49.4 Å². The third kappa shape index (κ3) is 3.52. The first kappa shape index (κ1) is 14.4. The molecule has 0 aliphatic heterocycles. The molecule has 3 atom stereocenters. The fourth-order valence-electron chi connectivity index (χ4n) is 2.94. The van der Waals surface area contributed by atoms with Gasteiger partial charge in [0.25, 0.3) is 0 Å². The van der Waals surface area contributed by atoms with Gasteiger partial charge in [-0.25, -0.2) is 0 Å². The summed E-state index contributed by atoms with van der Waals surface area (Å²) in [5.74, 6) is 1.41. The molecule has 1 aliphatic carbocycles. The molecule has 0 aromatic heterocycles. The number of rotatable bonds is 4. The molecular weight excluding hydrogens is 248 g/mol. The predicted octanol–water partition coefficient (Wildman–Crippen LogP) is 4.05. The van der Waals surface area contributed by atoms with Crippen LogP contribution in [0.1, 0.15) is 44.6 Å². The topological polar surface area (TPSA) is 56.8 Å². The van der Waals surface area contributed by atoms with Crippen LogP contribution >= 0.6 is 0 Å². The molecule has 3 heteroatoms. The average Bonchev–Trinajstić information content (AvgIpc) is 2.49. The molecule has 3 unspecified atom stereocenters. The lowest BCUT2D eigenvalue weighted by Crippen LogP contribution is -2.33. The van der Waals surface area contributed by atoms with Crippen molar-refractivity contribution < 1.29 is 4.74 Å². The third-order valence-corrected chi connectivity index (χ3v) is 4.03. The molecule has 0 N–H and O–H groups in total. The lowest BCUT2D eigenvalue weighted by molar-refractivity contribution is 0.0875. The van der Waals surface area contributed by atoms with Crippen molar-refractivity contribution in [3.63, 3.8) is 0 Å². The van der Waals surface area contributed by atoms with Gasteiger partial charge in [0, 0.05) is 0 Å². The van der Waals surface area contributed by atoms with Gasteiger partial charge in [-0.1, -0.05) is 19.8 Å². The van der Waals surface area contributed by atoms with E-state index in [9.17, 15) is 5.26 Å². The summed E-state index contributed by atoms with van der Waals surface area (Å²) in [4.78, 5) is 0. The van der Waals surface area contributed by atoms with Gasteiger partial charge < -0.3 is 4.74 Å². The van der Waals surface area contributed by atoms with Crippen LogP contribution in [0.25, 0.3) is 0 Å². The highest BCUT2D eigenvalue weighted by atomic mass is 16.5. The average molecular weight is 268 g/mol. The van der Waals surface area contributed by atoms with Crippen molar-refractivity contribution in [3.05, 3.63) is 29.8 Å². The van der Waals surface area contributed by atoms with Crippen molar-refractivity contribution in [3.8, 4) is 17.9 Å². The van der Waals surface area contributed by atoms with E-state index < -0.39 is 0 Å². The van der Waals surface area contributed by atoms with Gasteiger partial charge in [-0.15, -0.1) is 0 Å². The molecule has 0 radical (unpaired) electrons. The van der Waals surface area contributed by atoms with Crippen LogP contribution in [0.3, 0.4) is 0 Å². The standard InChI is InChI=1S/C17H20N2O/c1-2-3-13-4-7-15(12-19)17(10-13)20-16-8-5-14(11-18)6-9-16/h5-6,8-9,13,15,17H,2-4,7,10H2,1H3. The van der Waals surface area contributed by atoms with Crippen LogP contribution in [-0.4, -0.2) is 6.10 Å². The number of nitriles is 2. The Labute approximate surface area is 120 Å². The van der Waals surface area contributed by atoms with E-state index in [0.717, 1.165) is 25.0 Å². The van der Waals surface area contributed by atoms with Crippen molar-refractivity contribution >= 4 is 0 Å². The van der Waals surface area contributed by atoms with E-state index in [1.165, 1.54) is 12.8 Å². The smallest absolute Gasteiger partial charge is 0.119 e. The van der Waals surface area contributed by atoms with E-state index in [-0.39, 0.29) is 12.0 Å². The number of ether oxygens (including phenoxy) is 1. The minimum Gasteiger partial charge on any atom is -0.489 e. The molecule has 1 aromatic carbocycles. The highest BCUT2D eigenvalue weighted by Gasteiger charge is 2.31. The van der Waals surface area contributed by atoms with Gasteiger partial charge in [0.2, 0.25) is 0 Å². The normalized spacial score (nSPS) is 25.4. The molecule has 1 saturated carbocycles. The fourth-order valence-corrected chi connectivity index (χ4v) is 2.94. The zero-order chi connectivity index (χ0) is 14.4. The van der Waals surface area contributed by atoms with E-state index in [0.29, 0.717) is 11.5 Å². The summed E-state index contributed by atoms with van der Waals surface area (Å²) >= 11 is 0. The molecule has 0 amide bonds. The SMILES string of the molecule is CCCC1CCC(C#N)C(Oc2ccc(C#N)cc2)C1. The zero-order valence-electron chi connectivity index (χ0n) is 11.9. The predicted molar refractivity (Wildman–Crippen MR) is 76.9 cm³/mol. The van der Waals surface area contributed by atoms with Gasteiger partial charge in [-0.3, -0.25) is 0 Å². The summed E-state index contributed by atoms with van der Waals surface area (Å²) in [5, 5.41) is 18.1. The Morgan fingerprint density at radius 2 is 1.95 bits per heavy atom. The monoisotopic (exact) mass is 268 g/mol. The van der Waals surface area contributed by atoms with Gasteiger partial charge in [0.1, 0.15) is 11.9 Å². The van der Waals surface area contributed by atoms with Crippen molar-refractivity contribution in [2.24, 2.45) is 11.8 Å². The van der Waals surface area contributed by atoms with Gasteiger partial charge in [0.05, 0.1) is 23.6 Å². The number of hydrogen-bond acceptors (Lipinski definition) is 3. The van der Waals surface area contributed by atoms with Crippen molar-refractivity contribution in [1.29, 1.82) is 10.5 Å². The largest absolute Gasteiger partial charge is 0.489 e. The Balaban J connectivity index is 2.03. The van der Waals surface area contributed by atoms with Crippen LogP contribution in [-0.2, 0) is 0 Å². The summed E-state index contributed by atoms with van der Waals surface area (Å²) < 4.78 is 6.00. The molecule has 1 aromatic rings. The van der Waals surface area contributed by atoms with Crippen LogP contribution in [0.4, 0.5) is 0 Å². The maximum Gasteiger partial charge on any atom is 0.119 e. The van der Waals surface area contributed by atoms with Gasteiger partial charge in [0.15, 0.2) is 0 Å². The van der Waals surface area contributed by atoms with Crippen LogP contribution in [0.5, 0.6) is 5.75 Å². The Morgan fingerprint density at radius 1 is 1.20 bits per heavy atom. The van der Waals surface area contributed by atoms with E-state index in [2.05, 4.69) is 19.1 Å². The first-order valence-electron chi connectivity index (χ1n) is 7.33. The molecule has 3 nitrogen and oxygen atoms in total. The van der Waals surface area contributed by atoms with Crippen LogP contribution in [0, 0.1) is 34.5 Å². The van der Waals surface area contributed by atoms with E-state index in [1.54, 1.807) is 12.1 Å². The first-order chi connectivity index (χ1) is 9.76. The van der Waals surface area contributed by atoms with E-state index >= 15 is 0 Å². The quantitative estimate of drug-likeness (QED) is 0.827. The number of benzene rings is 1. The Kier molecular flexibility index (Phi) is 5.02. The summed E-state index contributed by atoms with van der Waals surface area (Å²) in [6, 6.07) is 11.6. The van der Waals surface area contributed by atoms with Crippen molar-refractivity contribution in [1.82, 2.24) is 0 Å². The molecule has 0 saturated heterocycles. The van der Waals surface area contributed by atoms with Crippen LogP contribution in [0.15, 0.2) is 24.3 Å². The van der Waals surface area contributed by atoms with E-state index in [1.807, 2.05) is 12.1 Å². The second-order valence-corrected chi connectivity index (χ2v) is 5.50. The Hall–Kier alpha value is -2.00. The minimum absolute atomic E-state index is 0.0150. The van der Waals surface area contributed by atoms with E-state index in [4.69, 9.17) is 10.00 Å². The highest BCUT2D eigenvalue weighted by Crippen LogP contribution is 2.34. The second kappa shape index (κ2) is 6.96. The lowest BCUT2D eigenvalue weighted by Gasteiger charge is -2.33. The van der Waals surface area contributed by atoms with Crippen molar-refractivity contribution in [2.45, 2.75) is 45.1 Å². The molecule has 0 bridgehead atoms. The zero-order valence-corrected chi connectivity index (χ0v) is 11.9. The van der Waals surface area contributed by atoms with Crippen molar-refractivity contribution in [2.75, 3.05) is 0 Å². The maximum atomic E-state index is 9.26. The lowest BCUT2D eigenvalue weighted by atomic mass is 9.78. The van der Waals surface area contributed by atoms with Gasteiger partial charge in [-0.2, -0.15) is 10.5 Å². The maximum absolute atomic E-state index is 9.26. The molecule has 20 heavy (non-hydrogen) atoms. The Morgan fingerprint density at radius 3 is 2.55 bits per heavy atom. The molecular formula is C17H20N2O. The number of hydrogen-bond donors (Lipinski definition) is 0. The summed E-state index contributed by atoms with van der Waals surface area (Å²) in [5.41, 5.74) is 0.627. The highest BCUT2D eigenvalue weighted by molar-refractivity contribution is 5.34. The summed E-state index contributed by atoms with van der Waals surface area (Å²) in [6.07, 6.45) is 5.42. The molecule has 1 fully saturated rings. The molecule has 1 aliphatic rings. The van der Waals surface area contributed by atoms with Crippen LogP contribution in [0.2, 0.25) is 0 Å². The second-order valence-electron chi connectivity index (χ2n) is 5.50. The minimum atomic E-state index is -0.0155. The molecule has 104 valence electrons. The third-order valence-electron chi connectivity index (χ3n) is 4.03. The fraction of sp³-hybridized carbons (Fsp3) is 0.529. The summed E-state index contributed by atoms with van der Waals surface area (Å²) in [6.45, 7) is 2.20. The summed E-state index contributed by atoms with van der Waals surface area (Å²) in [7, 11) is 0. The number of nitrogens with zero attached hydrogens (tertiary/aromatic N) is 2. The Bertz CT molecular complexity index is 509.